The number of nitrogens with one attached hydrogen (secondary N) is 1. The summed E-state index contributed by atoms with van der Waals surface area (Å²) in [6.45, 7) is 3.70. The van der Waals surface area contributed by atoms with E-state index in [4.69, 9.17) is 4.74 Å². The number of ether oxygens (including phenoxy) is 1. The van der Waals surface area contributed by atoms with E-state index < -0.39 is 0 Å². The molecule has 1 N–H and O–H groups in total. The van der Waals surface area contributed by atoms with Gasteiger partial charge in [0, 0.05) is 18.0 Å². The molecule has 2 atom stereocenters. The van der Waals surface area contributed by atoms with Gasteiger partial charge in [0.15, 0.2) is 0 Å². The zero-order valence-electron chi connectivity index (χ0n) is 11.0. The SMILES string of the molecule is CN1CCOC(CN2C(=O)CNC2c2cccs2)C1. The van der Waals surface area contributed by atoms with Crippen molar-refractivity contribution in [1.82, 2.24) is 15.1 Å². The molecule has 6 heteroatoms. The summed E-state index contributed by atoms with van der Waals surface area (Å²) in [5.74, 6) is 0.162. The van der Waals surface area contributed by atoms with Crippen LogP contribution in [0, 0.1) is 0 Å². The summed E-state index contributed by atoms with van der Waals surface area (Å²) >= 11 is 1.68. The average molecular weight is 281 g/mol. The van der Waals surface area contributed by atoms with Crippen LogP contribution in [-0.2, 0) is 9.53 Å². The molecule has 2 aliphatic heterocycles. The van der Waals surface area contributed by atoms with Gasteiger partial charge in [-0.25, -0.2) is 0 Å². The molecule has 0 radical (unpaired) electrons. The van der Waals surface area contributed by atoms with Crippen LogP contribution < -0.4 is 5.32 Å². The molecule has 19 heavy (non-hydrogen) atoms. The Hall–Kier alpha value is -0.950. The zero-order chi connectivity index (χ0) is 13.2. The number of hydrogen-bond acceptors (Lipinski definition) is 5. The van der Waals surface area contributed by atoms with Gasteiger partial charge in [0.25, 0.3) is 0 Å². The topological polar surface area (TPSA) is 44.8 Å². The maximum absolute atomic E-state index is 12.0. The van der Waals surface area contributed by atoms with E-state index in [1.807, 2.05) is 16.3 Å². The predicted molar refractivity (Wildman–Crippen MR) is 74.0 cm³/mol. The lowest BCUT2D eigenvalue weighted by molar-refractivity contribution is -0.131. The minimum atomic E-state index is 0.0170. The van der Waals surface area contributed by atoms with Crippen LogP contribution in [0.2, 0.25) is 0 Å². The molecule has 2 fully saturated rings. The molecule has 5 nitrogen and oxygen atoms in total. The van der Waals surface area contributed by atoms with Crippen molar-refractivity contribution in [3.05, 3.63) is 22.4 Å². The highest BCUT2D eigenvalue weighted by Gasteiger charge is 2.34. The molecule has 2 unspecified atom stereocenters. The Morgan fingerprint density at radius 2 is 2.47 bits per heavy atom. The lowest BCUT2D eigenvalue weighted by Crippen LogP contribution is -2.47. The van der Waals surface area contributed by atoms with Crippen LogP contribution in [0.1, 0.15) is 11.0 Å². The number of amides is 1. The third-order valence-corrected chi connectivity index (χ3v) is 4.56. The fourth-order valence-corrected chi connectivity index (χ4v) is 3.46. The lowest BCUT2D eigenvalue weighted by Gasteiger charge is -2.34. The van der Waals surface area contributed by atoms with Gasteiger partial charge in [0.1, 0.15) is 6.17 Å². The van der Waals surface area contributed by atoms with Gasteiger partial charge in [-0.15, -0.1) is 11.3 Å². The summed E-state index contributed by atoms with van der Waals surface area (Å²) in [5, 5.41) is 5.32. The molecule has 0 bridgehead atoms. The monoisotopic (exact) mass is 281 g/mol. The lowest BCUT2D eigenvalue weighted by atomic mass is 10.2. The highest BCUT2D eigenvalue weighted by Crippen LogP contribution is 2.26. The fraction of sp³-hybridized carbons (Fsp3) is 0.615. The van der Waals surface area contributed by atoms with Crippen molar-refractivity contribution in [2.45, 2.75) is 12.3 Å². The van der Waals surface area contributed by atoms with Crippen LogP contribution in [0.4, 0.5) is 0 Å². The van der Waals surface area contributed by atoms with Crippen molar-refractivity contribution in [3.63, 3.8) is 0 Å². The number of morpholine rings is 1. The van der Waals surface area contributed by atoms with Gasteiger partial charge in [-0.1, -0.05) is 6.07 Å². The highest BCUT2D eigenvalue weighted by atomic mass is 32.1. The van der Waals surface area contributed by atoms with Crippen LogP contribution in [0.5, 0.6) is 0 Å². The van der Waals surface area contributed by atoms with Gasteiger partial charge in [0.05, 0.1) is 25.8 Å². The molecule has 0 aliphatic carbocycles. The first kappa shape index (κ1) is 13.1. The standard InChI is InChI=1S/C13H19N3O2S/c1-15-4-5-18-10(8-15)9-16-12(17)7-14-13(16)11-3-2-6-19-11/h2-3,6,10,13-14H,4-5,7-9H2,1H3. The Bertz CT molecular complexity index is 437. The number of hydrogen-bond donors (Lipinski definition) is 1. The average Bonchev–Trinajstić information content (AvgIpc) is 3.01. The van der Waals surface area contributed by atoms with Crippen molar-refractivity contribution < 1.29 is 9.53 Å². The van der Waals surface area contributed by atoms with Crippen LogP contribution in [0.15, 0.2) is 17.5 Å². The molecule has 0 saturated carbocycles. The van der Waals surface area contributed by atoms with Gasteiger partial charge in [-0.05, 0) is 18.5 Å². The van der Waals surface area contributed by atoms with E-state index in [1.54, 1.807) is 11.3 Å². The molecule has 3 rings (SSSR count). The second-order valence-corrected chi connectivity index (χ2v) is 6.08. The number of likely N-dealkylation sites (N-methyl/N-ethyl adjacent to an activating group) is 1. The Kier molecular flexibility index (Phi) is 3.83. The van der Waals surface area contributed by atoms with Gasteiger partial charge >= 0.3 is 0 Å². The van der Waals surface area contributed by atoms with Gasteiger partial charge < -0.3 is 14.5 Å². The van der Waals surface area contributed by atoms with E-state index >= 15 is 0 Å². The zero-order valence-corrected chi connectivity index (χ0v) is 11.9. The number of carbonyl (C=O) groups is 1. The maximum Gasteiger partial charge on any atom is 0.238 e. The molecule has 2 saturated heterocycles. The quantitative estimate of drug-likeness (QED) is 0.877. The van der Waals surface area contributed by atoms with E-state index in [0.717, 1.165) is 19.7 Å². The molecular weight excluding hydrogens is 262 g/mol. The summed E-state index contributed by atoms with van der Waals surface area (Å²) in [4.78, 5) is 17.4. The molecule has 2 aliphatic rings. The third-order valence-electron chi connectivity index (χ3n) is 3.63. The largest absolute Gasteiger partial charge is 0.374 e. The van der Waals surface area contributed by atoms with Gasteiger partial charge in [-0.2, -0.15) is 0 Å². The molecule has 104 valence electrons. The Balaban J connectivity index is 1.68. The molecule has 1 amide bonds. The smallest absolute Gasteiger partial charge is 0.238 e. The Labute approximate surface area is 117 Å². The number of rotatable bonds is 3. The first-order valence-corrected chi connectivity index (χ1v) is 7.48. The minimum Gasteiger partial charge on any atom is -0.374 e. The molecule has 1 aromatic heterocycles. The van der Waals surface area contributed by atoms with Gasteiger partial charge in [0.2, 0.25) is 5.91 Å². The molecular formula is C13H19N3O2S. The van der Waals surface area contributed by atoms with Gasteiger partial charge in [-0.3, -0.25) is 10.1 Å². The minimum absolute atomic E-state index is 0.0170. The van der Waals surface area contributed by atoms with E-state index in [0.29, 0.717) is 13.1 Å². The number of nitrogens with zero attached hydrogens (tertiary/aromatic N) is 2. The van der Waals surface area contributed by atoms with Crippen LogP contribution in [0.25, 0.3) is 0 Å². The van der Waals surface area contributed by atoms with E-state index in [-0.39, 0.29) is 18.2 Å². The summed E-state index contributed by atoms with van der Waals surface area (Å²) in [6, 6.07) is 4.09. The summed E-state index contributed by atoms with van der Waals surface area (Å²) < 4.78 is 5.76. The number of thiophene rings is 1. The summed E-state index contributed by atoms with van der Waals surface area (Å²) in [5.41, 5.74) is 0. The van der Waals surface area contributed by atoms with Crippen LogP contribution in [-0.4, -0.2) is 61.6 Å². The van der Waals surface area contributed by atoms with Crippen molar-refractivity contribution in [2.24, 2.45) is 0 Å². The number of carbonyl (C=O) groups excluding carboxylic acids is 1. The molecule has 0 aromatic carbocycles. The Morgan fingerprint density at radius 1 is 1.58 bits per heavy atom. The summed E-state index contributed by atoms with van der Waals surface area (Å²) in [7, 11) is 2.09. The van der Waals surface area contributed by atoms with Crippen molar-refractivity contribution in [1.29, 1.82) is 0 Å². The van der Waals surface area contributed by atoms with E-state index in [1.165, 1.54) is 4.88 Å². The second kappa shape index (κ2) is 5.58. The van der Waals surface area contributed by atoms with Crippen molar-refractivity contribution in [2.75, 3.05) is 39.8 Å². The molecule has 3 heterocycles. The van der Waals surface area contributed by atoms with Crippen molar-refractivity contribution in [3.8, 4) is 0 Å². The van der Waals surface area contributed by atoms with E-state index in [2.05, 4.69) is 23.3 Å². The van der Waals surface area contributed by atoms with Crippen LogP contribution in [0.3, 0.4) is 0 Å². The maximum atomic E-state index is 12.0. The predicted octanol–water partition coefficient (Wildman–Crippen LogP) is 0.509. The molecule has 1 aromatic rings. The fourth-order valence-electron chi connectivity index (χ4n) is 2.64. The first-order chi connectivity index (χ1) is 9.24. The molecule has 0 spiro atoms. The third kappa shape index (κ3) is 2.81. The normalized spacial score (nSPS) is 29.1. The van der Waals surface area contributed by atoms with Crippen molar-refractivity contribution >= 4 is 17.2 Å². The second-order valence-electron chi connectivity index (χ2n) is 5.10. The first-order valence-electron chi connectivity index (χ1n) is 6.60. The summed E-state index contributed by atoms with van der Waals surface area (Å²) in [6.07, 6.45) is 0.133. The Morgan fingerprint density at radius 3 is 3.21 bits per heavy atom. The van der Waals surface area contributed by atoms with E-state index in [9.17, 15) is 4.79 Å². The van der Waals surface area contributed by atoms with Crippen LogP contribution >= 0.6 is 11.3 Å². The highest BCUT2D eigenvalue weighted by molar-refractivity contribution is 7.10.